The Hall–Kier alpha value is -3.88. The van der Waals surface area contributed by atoms with Crippen LogP contribution in [0.3, 0.4) is 0 Å². The number of rotatable bonds is 11. The molecule has 9 heteroatoms. The van der Waals surface area contributed by atoms with Gasteiger partial charge in [0.1, 0.15) is 18.7 Å². The molecule has 1 aliphatic rings. The fourth-order valence-corrected chi connectivity index (χ4v) is 4.26. The molecule has 9 nitrogen and oxygen atoms in total. The molecule has 0 unspecified atom stereocenters. The van der Waals surface area contributed by atoms with E-state index in [1.165, 1.54) is 0 Å². The third-order valence-corrected chi connectivity index (χ3v) is 6.37. The number of hydrogen-bond acceptors (Lipinski definition) is 5. The van der Waals surface area contributed by atoms with E-state index < -0.39 is 42.4 Å². The van der Waals surface area contributed by atoms with Gasteiger partial charge in [0.2, 0.25) is 5.91 Å². The van der Waals surface area contributed by atoms with E-state index in [1.54, 1.807) is 6.92 Å². The van der Waals surface area contributed by atoms with E-state index in [0.29, 0.717) is 6.42 Å². The standard InChI is InChI=1S/C26H30N2O7/c1-3-15(2)23(24(31)27-21(25(32)33)12-13-22(29)30)28-26(34)35-14-20-18-10-6-4-8-16(18)17-9-5-7-11-19(17)20/h4-11,15,20-21,23H,3,12-14H2,1-2H3,(H,27,31)(H,28,34)(H,29,30)(H,32,33)/t15-,21-,23-/m0/s1. The lowest BCUT2D eigenvalue weighted by atomic mass is 9.97. The van der Waals surface area contributed by atoms with Gasteiger partial charge in [-0.2, -0.15) is 0 Å². The van der Waals surface area contributed by atoms with Gasteiger partial charge in [-0.15, -0.1) is 0 Å². The van der Waals surface area contributed by atoms with Crippen LogP contribution in [0.4, 0.5) is 4.79 Å². The van der Waals surface area contributed by atoms with Crippen LogP contribution < -0.4 is 10.6 Å². The van der Waals surface area contributed by atoms with Crippen LogP contribution in [-0.4, -0.2) is 52.8 Å². The molecule has 0 fully saturated rings. The number of amides is 2. The van der Waals surface area contributed by atoms with Crippen LogP contribution in [0.15, 0.2) is 48.5 Å². The molecule has 2 amide bonds. The highest BCUT2D eigenvalue weighted by Crippen LogP contribution is 2.44. The van der Waals surface area contributed by atoms with Crippen molar-refractivity contribution in [3.05, 3.63) is 59.7 Å². The van der Waals surface area contributed by atoms with Crippen molar-refractivity contribution in [1.82, 2.24) is 10.6 Å². The van der Waals surface area contributed by atoms with E-state index in [1.807, 2.05) is 55.5 Å². The molecule has 4 N–H and O–H groups in total. The van der Waals surface area contributed by atoms with Crippen LogP contribution in [0.25, 0.3) is 11.1 Å². The Morgan fingerprint density at radius 3 is 2.03 bits per heavy atom. The predicted molar refractivity (Wildman–Crippen MR) is 128 cm³/mol. The molecule has 0 radical (unpaired) electrons. The van der Waals surface area contributed by atoms with Gasteiger partial charge >= 0.3 is 18.0 Å². The number of carbonyl (C=O) groups excluding carboxylic acids is 2. The first-order valence-corrected chi connectivity index (χ1v) is 11.6. The van der Waals surface area contributed by atoms with E-state index in [-0.39, 0.29) is 24.9 Å². The summed E-state index contributed by atoms with van der Waals surface area (Å²) in [4.78, 5) is 47.8. The SMILES string of the molecule is CC[C@H](C)[C@H](NC(=O)OCC1c2ccccc2-c2ccccc21)C(=O)N[C@@H](CCC(=O)O)C(=O)O. The molecule has 1 aliphatic carbocycles. The summed E-state index contributed by atoms with van der Waals surface area (Å²) < 4.78 is 5.52. The molecule has 0 saturated heterocycles. The van der Waals surface area contributed by atoms with Gasteiger partial charge in [-0.3, -0.25) is 9.59 Å². The molecule has 0 saturated carbocycles. The monoisotopic (exact) mass is 482 g/mol. The lowest BCUT2D eigenvalue weighted by Gasteiger charge is -2.25. The van der Waals surface area contributed by atoms with E-state index in [2.05, 4.69) is 10.6 Å². The lowest BCUT2D eigenvalue weighted by Crippen LogP contribution is -2.54. The van der Waals surface area contributed by atoms with E-state index in [4.69, 9.17) is 9.84 Å². The van der Waals surface area contributed by atoms with E-state index in [9.17, 15) is 24.3 Å². The maximum Gasteiger partial charge on any atom is 0.407 e. The highest BCUT2D eigenvalue weighted by Gasteiger charge is 2.32. The first-order valence-electron chi connectivity index (χ1n) is 11.6. The first kappa shape index (κ1) is 25.7. The van der Waals surface area contributed by atoms with Gasteiger partial charge in [0.05, 0.1) is 0 Å². The predicted octanol–water partition coefficient (Wildman–Crippen LogP) is 3.37. The number of carboxylic acids is 2. The summed E-state index contributed by atoms with van der Waals surface area (Å²) in [6.45, 7) is 3.66. The Kier molecular flexibility index (Phi) is 8.46. The molecular weight excluding hydrogens is 452 g/mol. The van der Waals surface area contributed by atoms with Crippen molar-refractivity contribution in [2.75, 3.05) is 6.61 Å². The number of nitrogens with one attached hydrogen (secondary N) is 2. The second-order valence-corrected chi connectivity index (χ2v) is 8.66. The Balaban J connectivity index is 1.66. The number of alkyl carbamates (subject to hydrolysis) is 1. The van der Waals surface area contributed by atoms with E-state index in [0.717, 1.165) is 22.3 Å². The molecule has 0 bridgehead atoms. The fraction of sp³-hybridized carbons (Fsp3) is 0.385. The van der Waals surface area contributed by atoms with Crippen molar-refractivity contribution in [3.63, 3.8) is 0 Å². The van der Waals surface area contributed by atoms with Crippen molar-refractivity contribution < 1.29 is 34.1 Å². The molecule has 0 spiro atoms. The number of carbonyl (C=O) groups is 4. The number of ether oxygens (including phenoxy) is 1. The third-order valence-electron chi connectivity index (χ3n) is 6.37. The minimum absolute atomic E-state index is 0.0745. The topological polar surface area (TPSA) is 142 Å². The van der Waals surface area contributed by atoms with Crippen LogP contribution in [0.2, 0.25) is 0 Å². The second kappa shape index (κ2) is 11.5. The van der Waals surface area contributed by atoms with Crippen LogP contribution in [0, 0.1) is 5.92 Å². The normalized spacial score (nSPS) is 14.7. The van der Waals surface area contributed by atoms with Crippen molar-refractivity contribution >= 4 is 23.9 Å². The third kappa shape index (κ3) is 6.17. The minimum Gasteiger partial charge on any atom is -0.481 e. The van der Waals surface area contributed by atoms with Crippen molar-refractivity contribution in [1.29, 1.82) is 0 Å². The van der Waals surface area contributed by atoms with Crippen molar-refractivity contribution in [2.45, 2.75) is 51.1 Å². The van der Waals surface area contributed by atoms with E-state index >= 15 is 0 Å². The number of carboxylic acid groups (broad SMARTS) is 2. The Labute approximate surface area is 203 Å². The van der Waals surface area contributed by atoms with Gasteiger partial charge in [0, 0.05) is 12.3 Å². The zero-order valence-electron chi connectivity index (χ0n) is 19.7. The summed E-state index contributed by atoms with van der Waals surface area (Å²) in [5.74, 6) is -3.67. The second-order valence-electron chi connectivity index (χ2n) is 8.66. The number of hydrogen-bond donors (Lipinski definition) is 4. The maximum atomic E-state index is 12.8. The molecule has 3 rings (SSSR count). The summed E-state index contributed by atoms with van der Waals surface area (Å²) >= 11 is 0. The molecular formula is C26H30N2O7. The van der Waals surface area contributed by atoms with Gasteiger partial charge in [-0.1, -0.05) is 68.8 Å². The summed E-state index contributed by atoms with van der Waals surface area (Å²) in [6, 6.07) is 13.4. The van der Waals surface area contributed by atoms with Gasteiger partial charge in [-0.05, 0) is 34.6 Å². The number of benzene rings is 2. The molecule has 0 aromatic heterocycles. The molecule has 2 aromatic rings. The van der Waals surface area contributed by atoms with Crippen LogP contribution in [-0.2, 0) is 19.1 Å². The molecule has 35 heavy (non-hydrogen) atoms. The van der Waals surface area contributed by atoms with Gasteiger partial charge < -0.3 is 25.6 Å². The Bertz CT molecular complexity index is 1060. The maximum absolute atomic E-state index is 12.8. The quantitative estimate of drug-likeness (QED) is 0.385. The summed E-state index contributed by atoms with van der Waals surface area (Å²) in [5.41, 5.74) is 4.30. The molecule has 2 aromatic carbocycles. The van der Waals surface area contributed by atoms with Crippen LogP contribution >= 0.6 is 0 Å². The van der Waals surface area contributed by atoms with Gasteiger partial charge in [0.15, 0.2) is 0 Å². The van der Waals surface area contributed by atoms with Crippen LogP contribution in [0.5, 0.6) is 0 Å². The number of aliphatic carboxylic acids is 2. The molecule has 0 heterocycles. The smallest absolute Gasteiger partial charge is 0.407 e. The lowest BCUT2D eigenvalue weighted by molar-refractivity contribution is -0.143. The summed E-state index contributed by atoms with van der Waals surface area (Å²) in [6.07, 6.45) is -0.932. The van der Waals surface area contributed by atoms with Crippen LogP contribution in [0.1, 0.15) is 50.2 Å². The molecule has 0 aliphatic heterocycles. The average Bonchev–Trinajstić information content (AvgIpc) is 3.16. The zero-order valence-corrected chi connectivity index (χ0v) is 19.7. The Morgan fingerprint density at radius 2 is 1.51 bits per heavy atom. The summed E-state index contributed by atoms with van der Waals surface area (Å²) in [5, 5.41) is 23.1. The average molecular weight is 483 g/mol. The summed E-state index contributed by atoms with van der Waals surface area (Å²) in [7, 11) is 0. The zero-order chi connectivity index (χ0) is 25.5. The van der Waals surface area contributed by atoms with Gasteiger partial charge in [-0.25, -0.2) is 9.59 Å². The minimum atomic E-state index is -1.38. The first-order chi connectivity index (χ1) is 16.7. The number of fused-ring (bicyclic) bond motifs is 3. The largest absolute Gasteiger partial charge is 0.481 e. The van der Waals surface area contributed by atoms with Gasteiger partial charge in [0.25, 0.3) is 0 Å². The highest BCUT2D eigenvalue weighted by atomic mass is 16.5. The molecule has 3 atom stereocenters. The Morgan fingerprint density at radius 1 is 0.943 bits per heavy atom. The molecule has 186 valence electrons. The highest BCUT2D eigenvalue weighted by molar-refractivity contribution is 5.89. The fourth-order valence-electron chi connectivity index (χ4n) is 4.26. The van der Waals surface area contributed by atoms with Crippen molar-refractivity contribution in [2.24, 2.45) is 5.92 Å². The van der Waals surface area contributed by atoms with Crippen molar-refractivity contribution in [3.8, 4) is 11.1 Å².